The van der Waals surface area contributed by atoms with Crippen LogP contribution in [0.4, 0.5) is 0 Å². The lowest BCUT2D eigenvalue weighted by Crippen LogP contribution is -2.72. The number of aliphatic hydroxyl groups is 8. The van der Waals surface area contributed by atoms with Crippen LogP contribution in [-0.4, -0.2) is 214 Å². The van der Waals surface area contributed by atoms with Crippen molar-refractivity contribution >= 4 is 11.9 Å². The monoisotopic (exact) mass is 1090 g/mol. The first-order valence-electron chi connectivity index (χ1n) is 27.9. The van der Waals surface area contributed by atoms with Gasteiger partial charge in [-0.25, -0.2) is 0 Å². The Labute approximate surface area is 446 Å². The molecule has 438 valence electrons. The van der Waals surface area contributed by atoms with Crippen LogP contribution in [0, 0.1) is 34.5 Å². The summed E-state index contributed by atoms with van der Waals surface area (Å²) in [7, 11) is 2.87. The highest BCUT2D eigenvalue weighted by Crippen LogP contribution is 2.71. The van der Waals surface area contributed by atoms with E-state index >= 15 is 0 Å². The van der Waals surface area contributed by atoms with Gasteiger partial charge in [0.2, 0.25) is 0 Å². The number of carbonyl (C=O) groups excluding carboxylic acids is 2. The molecule has 4 saturated heterocycles. The van der Waals surface area contributed by atoms with Gasteiger partial charge in [0, 0.05) is 34.0 Å². The molecule has 22 heteroatoms. The second kappa shape index (κ2) is 23.6. The fraction of sp³-hybridized carbons (Fsp3) is 0.963. The number of hydrogen-bond donors (Lipinski definition) is 8. The minimum atomic E-state index is -1.68. The van der Waals surface area contributed by atoms with Crippen LogP contribution in [0.1, 0.15) is 133 Å². The molecule has 4 heterocycles. The van der Waals surface area contributed by atoms with E-state index in [0.717, 1.165) is 19.3 Å². The third-order valence-electron chi connectivity index (χ3n) is 20.0. The molecular formula is C54H90O22. The number of esters is 2. The predicted octanol–water partition coefficient (Wildman–Crippen LogP) is 1.50. The Morgan fingerprint density at radius 3 is 1.95 bits per heavy atom. The molecule has 76 heavy (non-hydrogen) atoms. The Morgan fingerprint density at radius 1 is 0.671 bits per heavy atom. The van der Waals surface area contributed by atoms with E-state index in [9.17, 15) is 50.4 Å². The van der Waals surface area contributed by atoms with E-state index in [0.29, 0.717) is 25.7 Å². The quantitative estimate of drug-likeness (QED) is 0.0802. The highest BCUT2D eigenvalue weighted by atomic mass is 16.8. The second-order valence-corrected chi connectivity index (χ2v) is 24.1. The van der Waals surface area contributed by atoms with Gasteiger partial charge in [-0.2, -0.15) is 0 Å². The number of ether oxygens (including phenoxy) is 12. The van der Waals surface area contributed by atoms with Gasteiger partial charge in [0.05, 0.1) is 60.2 Å². The zero-order valence-electron chi connectivity index (χ0n) is 46.2. The molecule has 0 aromatic carbocycles. The first kappa shape index (κ1) is 60.3. The van der Waals surface area contributed by atoms with Crippen LogP contribution in [0.5, 0.6) is 0 Å². The van der Waals surface area contributed by atoms with Crippen molar-refractivity contribution in [1.29, 1.82) is 0 Å². The van der Waals surface area contributed by atoms with Crippen molar-refractivity contribution in [2.45, 2.75) is 273 Å². The van der Waals surface area contributed by atoms with Crippen molar-refractivity contribution in [2.75, 3.05) is 20.8 Å². The summed E-state index contributed by atoms with van der Waals surface area (Å²) in [6.07, 6.45) is -15.5. The molecule has 1 unspecified atom stereocenters. The van der Waals surface area contributed by atoms with Gasteiger partial charge in [-0.1, -0.05) is 27.7 Å². The Bertz CT molecular complexity index is 1950. The normalized spacial score (nSPS) is 51.4. The van der Waals surface area contributed by atoms with Crippen LogP contribution < -0.4 is 0 Å². The third kappa shape index (κ3) is 10.8. The maximum Gasteiger partial charge on any atom is 0.309 e. The lowest BCUT2D eigenvalue weighted by atomic mass is 9.42. The molecule has 4 saturated carbocycles. The molecule has 0 aromatic heterocycles. The molecule has 8 rings (SSSR count). The SMILES string of the molecule is CCC(C)C(=O)O[C@H](C)[C@]1(O)CC[C@]2(O)[C@@H]3CC[C@H]4C[C@@H](O[C@H]5C[C@H](O)[C@H](O[C@H]6C[C@@H](OC)[C@H](O[C@@H]7O[C@H](C)[C@@H](O[C@@H]8O[C@H](CO)[C@@H](O)[C@H](O)[C@H]8O)[C@H](OC)[C@H]7O)[C@@H](C)O6)[C@@H](C)O5)CC[C@]4(C)[C@H]3C[C@@H](OC(C)=O)[C@]12C. The Balaban J connectivity index is 0.847. The molecule has 8 N–H and O–H groups in total. The number of hydrogen-bond acceptors (Lipinski definition) is 22. The number of methoxy groups -OCH3 is 2. The van der Waals surface area contributed by atoms with Crippen LogP contribution in [0.25, 0.3) is 0 Å². The molecule has 22 nitrogen and oxygen atoms in total. The molecule has 29 atom stereocenters. The van der Waals surface area contributed by atoms with Crippen LogP contribution in [-0.2, 0) is 66.4 Å². The van der Waals surface area contributed by atoms with Crippen LogP contribution >= 0.6 is 0 Å². The van der Waals surface area contributed by atoms with Gasteiger partial charge in [0.25, 0.3) is 0 Å². The van der Waals surface area contributed by atoms with E-state index in [-0.39, 0.29) is 60.9 Å². The number of fused-ring (bicyclic) bond motifs is 5. The fourth-order valence-corrected chi connectivity index (χ4v) is 15.2. The maximum atomic E-state index is 13.1. The highest BCUT2D eigenvalue weighted by Gasteiger charge is 2.77. The van der Waals surface area contributed by atoms with Gasteiger partial charge in [0.15, 0.2) is 25.2 Å². The lowest BCUT2D eigenvalue weighted by Gasteiger charge is -2.66. The average Bonchev–Trinajstić information content (AvgIpc) is 3.87. The molecule has 0 radical (unpaired) electrons. The smallest absolute Gasteiger partial charge is 0.309 e. The Morgan fingerprint density at radius 2 is 1.32 bits per heavy atom. The van der Waals surface area contributed by atoms with Crippen molar-refractivity contribution in [2.24, 2.45) is 34.5 Å². The van der Waals surface area contributed by atoms with Gasteiger partial charge in [-0.15, -0.1) is 0 Å². The molecule has 4 aliphatic heterocycles. The predicted molar refractivity (Wildman–Crippen MR) is 263 cm³/mol. The summed E-state index contributed by atoms with van der Waals surface area (Å²) in [5, 5.41) is 89.6. The second-order valence-electron chi connectivity index (χ2n) is 24.1. The zero-order valence-corrected chi connectivity index (χ0v) is 46.2. The van der Waals surface area contributed by atoms with Gasteiger partial charge in [-0.3, -0.25) is 9.59 Å². The largest absolute Gasteiger partial charge is 0.462 e. The van der Waals surface area contributed by atoms with Crippen molar-refractivity contribution in [3.8, 4) is 0 Å². The Hall–Kier alpha value is -1.78. The van der Waals surface area contributed by atoms with E-state index < -0.39 is 158 Å². The molecule has 4 aliphatic carbocycles. The average molecular weight is 1090 g/mol. The third-order valence-corrected chi connectivity index (χ3v) is 20.0. The summed E-state index contributed by atoms with van der Waals surface area (Å²) in [5.74, 6) is -1.25. The summed E-state index contributed by atoms with van der Waals surface area (Å²) < 4.78 is 73.3. The van der Waals surface area contributed by atoms with Crippen molar-refractivity contribution < 1.29 is 107 Å². The summed E-state index contributed by atoms with van der Waals surface area (Å²) in [4.78, 5) is 25.8. The number of aliphatic hydroxyl groups excluding tert-OH is 6. The van der Waals surface area contributed by atoms with Crippen molar-refractivity contribution in [1.82, 2.24) is 0 Å². The van der Waals surface area contributed by atoms with Crippen LogP contribution in [0.3, 0.4) is 0 Å². The first-order chi connectivity index (χ1) is 35.8. The van der Waals surface area contributed by atoms with Crippen molar-refractivity contribution in [3.05, 3.63) is 0 Å². The number of carbonyl (C=O) groups is 2. The van der Waals surface area contributed by atoms with Crippen LogP contribution in [0.15, 0.2) is 0 Å². The highest BCUT2D eigenvalue weighted by molar-refractivity contribution is 5.72. The minimum absolute atomic E-state index is 0.0208. The summed E-state index contributed by atoms with van der Waals surface area (Å²) in [6.45, 7) is 15.4. The fourth-order valence-electron chi connectivity index (χ4n) is 15.2. The summed E-state index contributed by atoms with van der Waals surface area (Å²) in [5.41, 5.74) is -4.57. The van der Waals surface area contributed by atoms with E-state index in [1.165, 1.54) is 21.1 Å². The van der Waals surface area contributed by atoms with Crippen LogP contribution in [0.2, 0.25) is 0 Å². The topological polar surface area (TPSA) is 307 Å². The zero-order chi connectivity index (χ0) is 55.6. The molecular weight excluding hydrogens is 1000 g/mol. The summed E-state index contributed by atoms with van der Waals surface area (Å²) in [6, 6.07) is 0. The molecule has 0 amide bonds. The summed E-state index contributed by atoms with van der Waals surface area (Å²) >= 11 is 0. The van der Waals surface area contributed by atoms with Crippen molar-refractivity contribution in [3.63, 3.8) is 0 Å². The maximum absolute atomic E-state index is 13.1. The Kier molecular flexibility index (Phi) is 18.7. The lowest BCUT2D eigenvalue weighted by molar-refractivity contribution is -0.373. The minimum Gasteiger partial charge on any atom is -0.462 e. The van der Waals surface area contributed by atoms with E-state index in [1.807, 2.05) is 20.8 Å². The number of rotatable bonds is 16. The van der Waals surface area contributed by atoms with E-state index in [4.69, 9.17) is 56.8 Å². The van der Waals surface area contributed by atoms with Gasteiger partial charge in [0.1, 0.15) is 72.7 Å². The van der Waals surface area contributed by atoms with E-state index in [1.54, 1.807) is 27.7 Å². The first-order valence-corrected chi connectivity index (χ1v) is 27.9. The molecule has 8 aliphatic rings. The molecule has 0 aromatic rings. The van der Waals surface area contributed by atoms with Gasteiger partial charge in [-0.05, 0) is 109 Å². The van der Waals surface area contributed by atoms with E-state index in [2.05, 4.69) is 6.92 Å². The van der Waals surface area contributed by atoms with Gasteiger partial charge < -0.3 is 97.7 Å². The molecule has 0 spiro atoms. The molecule has 0 bridgehead atoms. The standard InChI is InChI=1S/C54H90O22/c1-12-24(2)48(62)70-28(6)53(63)17-18-54(64)32-14-13-30-19-31(15-16-51(30,8)33(32)20-37(52(53,54)9)71-29(7)56)72-38-21-34(57)44(25(3)67-38)74-39-22-35(65-10)45(26(4)68-39)75-50-43(61)47(66-11)46(27(5)69-50)76-49-42(60)41(59)40(58)36(23-55)73-49/h24-28,30-47,49-50,55,57-61,63-64H,12-23H2,1-11H3/t24?,25-,26-,27-,28-,30+,31+,32-,33+,34+,35-,36-,37-,38+,39+,40-,41+,42-,43-,44-,45-,46-,47-,49+,50+,51+,52-,53-,54+/m1/s1. The van der Waals surface area contributed by atoms with Gasteiger partial charge >= 0.3 is 11.9 Å². The molecule has 8 fully saturated rings.